The van der Waals surface area contributed by atoms with Gasteiger partial charge in [-0.1, -0.05) is 42.5 Å². The van der Waals surface area contributed by atoms with Crippen molar-refractivity contribution in [2.45, 2.75) is 31.7 Å². The predicted molar refractivity (Wildman–Crippen MR) is 137 cm³/mol. The predicted octanol–water partition coefficient (Wildman–Crippen LogP) is 1.68. The molecule has 2 aromatic rings. The van der Waals surface area contributed by atoms with Crippen LogP contribution in [0.4, 0.5) is 5.69 Å². The molecule has 0 radical (unpaired) electrons. The van der Waals surface area contributed by atoms with Gasteiger partial charge in [0.25, 0.3) is 5.91 Å². The number of carbonyl (C=O) groups excluding carboxylic acids is 4. The number of benzene rings is 2. The van der Waals surface area contributed by atoms with E-state index in [0.717, 1.165) is 10.8 Å². The molecule has 2 aromatic carbocycles. The summed E-state index contributed by atoms with van der Waals surface area (Å²) >= 11 is 0. The third-order valence-electron chi connectivity index (χ3n) is 5.77. The first-order chi connectivity index (χ1) is 18.0. The quantitative estimate of drug-likeness (QED) is 0.228. The van der Waals surface area contributed by atoms with Gasteiger partial charge < -0.3 is 30.5 Å². The van der Waals surface area contributed by atoms with Crippen LogP contribution in [0.15, 0.2) is 54.6 Å². The second kappa shape index (κ2) is 14.7. The van der Waals surface area contributed by atoms with Gasteiger partial charge in [-0.25, -0.2) is 0 Å². The molecule has 1 aliphatic heterocycles. The zero-order chi connectivity index (χ0) is 26.5. The van der Waals surface area contributed by atoms with E-state index in [1.54, 1.807) is 18.2 Å². The number of rotatable bonds is 9. The smallest absolute Gasteiger partial charge is 0.306 e. The van der Waals surface area contributed by atoms with Crippen LogP contribution in [-0.2, 0) is 28.7 Å². The third kappa shape index (κ3) is 9.32. The Hall–Kier alpha value is -3.76. The molecule has 0 saturated carbocycles. The number of ether oxygens (including phenoxy) is 2. The molecule has 2 atom stereocenters. The van der Waals surface area contributed by atoms with Crippen LogP contribution in [0.5, 0.6) is 0 Å². The summed E-state index contributed by atoms with van der Waals surface area (Å²) in [4.78, 5) is 50.6. The number of aliphatic hydroxyl groups is 1. The van der Waals surface area contributed by atoms with Crippen LogP contribution >= 0.6 is 0 Å². The van der Waals surface area contributed by atoms with Gasteiger partial charge >= 0.3 is 5.97 Å². The van der Waals surface area contributed by atoms with E-state index in [4.69, 9.17) is 14.6 Å². The van der Waals surface area contributed by atoms with E-state index in [2.05, 4.69) is 16.0 Å². The summed E-state index contributed by atoms with van der Waals surface area (Å²) in [5.74, 6) is -2.56. The van der Waals surface area contributed by atoms with Crippen molar-refractivity contribution in [1.82, 2.24) is 10.6 Å². The van der Waals surface area contributed by atoms with Crippen molar-refractivity contribution in [3.05, 3.63) is 54.6 Å². The van der Waals surface area contributed by atoms with Crippen molar-refractivity contribution in [1.29, 1.82) is 0 Å². The zero-order valence-electron chi connectivity index (χ0n) is 20.6. The Labute approximate surface area is 215 Å². The summed E-state index contributed by atoms with van der Waals surface area (Å²) < 4.78 is 10.4. The van der Waals surface area contributed by atoms with Crippen molar-refractivity contribution in [3.63, 3.8) is 0 Å². The van der Waals surface area contributed by atoms with Crippen LogP contribution in [0, 0.1) is 5.92 Å². The Kier molecular flexibility index (Phi) is 11.1. The number of fused-ring (bicyclic) bond motifs is 1. The van der Waals surface area contributed by atoms with Gasteiger partial charge in [0.05, 0.1) is 25.7 Å². The lowest BCUT2D eigenvalue weighted by molar-refractivity contribution is -0.146. The number of hydrogen-bond acceptors (Lipinski definition) is 7. The molecule has 4 N–H and O–H groups in total. The fourth-order valence-electron chi connectivity index (χ4n) is 3.81. The number of allylic oxidation sites excluding steroid dienone is 2. The van der Waals surface area contributed by atoms with Gasteiger partial charge in [0, 0.05) is 25.1 Å². The SMILES string of the molecule is O=C(CC1CC=CCCC(=O)OCC(C(=O)Nc2ccc3ccccc3c2)NC1=O)NCCOCCO. The maximum absolute atomic E-state index is 13.1. The van der Waals surface area contributed by atoms with E-state index in [9.17, 15) is 19.2 Å². The Morgan fingerprint density at radius 3 is 2.70 bits per heavy atom. The first-order valence-corrected chi connectivity index (χ1v) is 12.3. The van der Waals surface area contributed by atoms with Crippen molar-refractivity contribution >= 4 is 40.2 Å². The molecule has 0 saturated heterocycles. The van der Waals surface area contributed by atoms with Gasteiger partial charge in [0.15, 0.2) is 0 Å². The largest absolute Gasteiger partial charge is 0.463 e. The molecule has 0 fully saturated rings. The lowest BCUT2D eigenvalue weighted by atomic mass is 9.98. The van der Waals surface area contributed by atoms with Crippen LogP contribution in [0.3, 0.4) is 0 Å². The molecule has 1 heterocycles. The Balaban J connectivity index is 1.67. The number of amides is 3. The molecule has 198 valence electrons. The zero-order valence-corrected chi connectivity index (χ0v) is 20.6. The van der Waals surface area contributed by atoms with Crippen LogP contribution in [0.2, 0.25) is 0 Å². The molecular weight excluding hydrogens is 478 g/mol. The summed E-state index contributed by atoms with van der Waals surface area (Å²) in [6.45, 7) is 0.238. The second-order valence-corrected chi connectivity index (χ2v) is 8.63. The third-order valence-corrected chi connectivity index (χ3v) is 5.77. The highest BCUT2D eigenvalue weighted by atomic mass is 16.5. The molecule has 37 heavy (non-hydrogen) atoms. The van der Waals surface area contributed by atoms with Crippen molar-refractivity contribution in [3.8, 4) is 0 Å². The highest BCUT2D eigenvalue weighted by Gasteiger charge is 2.28. The standard InChI is InChI=1S/C27H33N3O7/c31-13-15-36-14-12-28-24(32)17-21-8-2-1-3-9-25(33)37-18-23(30-26(21)34)27(35)29-22-11-10-19-6-4-5-7-20(19)16-22/h1-2,4-7,10-11,16,21,23,31H,3,8-9,12-15,17-18H2,(H,28,32)(H,29,35)(H,30,34). The molecule has 0 bridgehead atoms. The molecule has 1 aliphatic rings. The van der Waals surface area contributed by atoms with E-state index >= 15 is 0 Å². The van der Waals surface area contributed by atoms with Crippen LogP contribution in [-0.4, -0.2) is 67.8 Å². The maximum Gasteiger partial charge on any atom is 0.306 e. The Bertz CT molecular complexity index is 1120. The minimum atomic E-state index is -1.14. The fourth-order valence-corrected chi connectivity index (χ4v) is 3.81. The summed E-state index contributed by atoms with van der Waals surface area (Å²) in [6, 6.07) is 12.0. The number of anilines is 1. The summed E-state index contributed by atoms with van der Waals surface area (Å²) in [6.07, 6.45) is 4.27. The Morgan fingerprint density at radius 2 is 1.89 bits per heavy atom. The average molecular weight is 512 g/mol. The number of esters is 1. The molecule has 10 heteroatoms. The van der Waals surface area contributed by atoms with Crippen molar-refractivity contribution < 1.29 is 33.8 Å². The number of cyclic esters (lactones) is 1. The average Bonchev–Trinajstić information content (AvgIpc) is 2.89. The number of nitrogens with one attached hydrogen (secondary N) is 3. The Morgan fingerprint density at radius 1 is 1.08 bits per heavy atom. The first-order valence-electron chi connectivity index (χ1n) is 12.3. The highest BCUT2D eigenvalue weighted by molar-refractivity contribution is 5.99. The summed E-state index contributed by atoms with van der Waals surface area (Å²) in [5, 5.41) is 18.8. The topological polar surface area (TPSA) is 143 Å². The van der Waals surface area contributed by atoms with E-state index < -0.39 is 29.7 Å². The monoisotopic (exact) mass is 511 g/mol. The van der Waals surface area contributed by atoms with Crippen molar-refractivity contribution in [2.75, 3.05) is 38.3 Å². The molecule has 0 aliphatic carbocycles. The molecule has 10 nitrogen and oxygen atoms in total. The minimum Gasteiger partial charge on any atom is -0.463 e. The van der Waals surface area contributed by atoms with Crippen LogP contribution < -0.4 is 16.0 Å². The van der Waals surface area contributed by atoms with Gasteiger partial charge in [0.1, 0.15) is 12.6 Å². The number of carbonyl (C=O) groups is 4. The highest BCUT2D eigenvalue weighted by Crippen LogP contribution is 2.19. The van der Waals surface area contributed by atoms with Gasteiger partial charge in [-0.3, -0.25) is 19.2 Å². The molecule has 3 amide bonds. The van der Waals surface area contributed by atoms with Gasteiger partial charge in [0.2, 0.25) is 11.8 Å². The van der Waals surface area contributed by atoms with E-state index in [1.807, 2.05) is 36.4 Å². The van der Waals surface area contributed by atoms with Crippen LogP contribution in [0.1, 0.15) is 25.7 Å². The molecule has 2 unspecified atom stereocenters. The minimum absolute atomic E-state index is 0.0883. The molecule has 0 spiro atoms. The normalized spacial score (nSPS) is 18.7. The molecule has 0 aromatic heterocycles. The molecular formula is C27H33N3O7. The van der Waals surface area contributed by atoms with Crippen LogP contribution in [0.25, 0.3) is 10.8 Å². The summed E-state index contributed by atoms with van der Waals surface area (Å²) in [5.41, 5.74) is 0.540. The summed E-state index contributed by atoms with van der Waals surface area (Å²) in [7, 11) is 0. The van der Waals surface area contributed by atoms with Crippen molar-refractivity contribution in [2.24, 2.45) is 5.92 Å². The van der Waals surface area contributed by atoms with E-state index in [-0.39, 0.29) is 58.1 Å². The first kappa shape index (κ1) is 27.8. The lowest BCUT2D eigenvalue weighted by Gasteiger charge is -2.22. The molecule has 3 rings (SSSR count). The number of hydrogen-bond donors (Lipinski definition) is 4. The van der Waals surface area contributed by atoms with E-state index in [0.29, 0.717) is 12.1 Å². The fraction of sp³-hybridized carbons (Fsp3) is 0.407. The second-order valence-electron chi connectivity index (χ2n) is 8.63. The van der Waals surface area contributed by atoms with Gasteiger partial charge in [-0.05, 0) is 35.7 Å². The lowest BCUT2D eigenvalue weighted by Crippen LogP contribution is -2.49. The van der Waals surface area contributed by atoms with Gasteiger partial charge in [-0.15, -0.1) is 0 Å². The van der Waals surface area contributed by atoms with E-state index in [1.165, 1.54) is 0 Å². The number of aliphatic hydroxyl groups excluding tert-OH is 1. The maximum atomic E-state index is 13.1. The van der Waals surface area contributed by atoms with Gasteiger partial charge in [-0.2, -0.15) is 0 Å².